The Balaban J connectivity index is 2.05. The number of rotatable bonds is 1. The Labute approximate surface area is 96.8 Å². The first-order valence-electron chi connectivity index (χ1n) is 5.25. The molecule has 0 aliphatic carbocycles. The summed E-state index contributed by atoms with van der Waals surface area (Å²) >= 11 is 3.45. The second-order valence-electron chi connectivity index (χ2n) is 3.98. The molecule has 1 aliphatic rings. The van der Waals surface area contributed by atoms with E-state index in [2.05, 4.69) is 33.4 Å². The van der Waals surface area contributed by atoms with E-state index in [4.69, 9.17) is 4.42 Å². The number of furan rings is 1. The van der Waals surface area contributed by atoms with Crippen LogP contribution in [0.25, 0.3) is 11.0 Å². The van der Waals surface area contributed by atoms with Crippen molar-refractivity contribution in [3.05, 3.63) is 34.5 Å². The fraction of sp³-hybridized carbons (Fsp3) is 0.333. The highest BCUT2D eigenvalue weighted by molar-refractivity contribution is 9.10. The van der Waals surface area contributed by atoms with Gasteiger partial charge < -0.3 is 9.73 Å². The summed E-state index contributed by atoms with van der Waals surface area (Å²) in [5.74, 6) is 1.07. The maximum atomic E-state index is 5.84. The fourth-order valence-corrected chi connectivity index (χ4v) is 2.46. The summed E-state index contributed by atoms with van der Waals surface area (Å²) in [6.45, 7) is 1.10. The zero-order chi connectivity index (χ0) is 10.3. The Hall–Kier alpha value is -0.800. The molecule has 1 atom stereocenters. The van der Waals surface area contributed by atoms with Crippen LogP contribution < -0.4 is 5.32 Å². The lowest BCUT2D eigenvalue weighted by molar-refractivity contribution is 0.471. The average Bonchev–Trinajstić information content (AvgIpc) is 2.84. The van der Waals surface area contributed by atoms with E-state index in [1.807, 2.05) is 12.1 Å². The number of nitrogens with one attached hydrogen (secondary N) is 1. The molecule has 1 N–H and O–H groups in total. The third kappa shape index (κ3) is 1.70. The molecular formula is C12H12BrNO. The first-order valence-corrected chi connectivity index (χ1v) is 6.04. The Morgan fingerprint density at radius 3 is 3.07 bits per heavy atom. The largest absolute Gasteiger partial charge is 0.459 e. The van der Waals surface area contributed by atoms with Gasteiger partial charge in [0.25, 0.3) is 0 Å². The van der Waals surface area contributed by atoms with Gasteiger partial charge >= 0.3 is 0 Å². The lowest BCUT2D eigenvalue weighted by atomic mass is 10.1. The number of halogens is 1. The van der Waals surface area contributed by atoms with Gasteiger partial charge in [0.2, 0.25) is 0 Å². The minimum Gasteiger partial charge on any atom is -0.459 e. The molecule has 3 heteroatoms. The van der Waals surface area contributed by atoms with Gasteiger partial charge in [0.1, 0.15) is 11.3 Å². The van der Waals surface area contributed by atoms with Crippen molar-refractivity contribution >= 4 is 26.9 Å². The Morgan fingerprint density at radius 1 is 1.33 bits per heavy atom. The molecule has 1 fully saturated rings. The molecule has 78 valence electrons. The summed E-state index contributed by atoms with van der Waals surface area (Å²) < 4.78 is 6.91. The second-order valence-corrected chi connectivity index (χ2v) is 4.90. The van der Waals surface area contributed by atoms with Crippen molar-refractivity contribution in [1.82, 2.24) is 5.32 Å². The van der Waals surface area contributed by atoms with E-state index in [1.54, 1.807) is 0 Å². The van der Waals surface area contributed by atoms with E-state index < -0.39 is 0 Å². The van der Waals surface area contributed by atoms with Crippen LogP contribution in [0, 0.1) is 0 Å². The molecule has 2 aromatic rings. The van der Waals surface area contributed by atoms with Gasteiger partial charge in [-0.15, -0.1) is 0 Å². The lowest BCUT2D eigenvalue weighted by Crippen LogP contribution is -2.11. The normalized spacial score (nSPS) is 21.3. The second kappa shape index (κ2) is 3.65. The van der Waals surface area contributed by atoms with Crippen LogP contribution in [0.2, 0.25) is 0 Å². The van der Waals surface area contributed by atoms with Gasteiger partial charge in [-0.1, -0.05) is 15.9 Å². The summed E-state index contributed by atoms with van der Waals surface area (Å²) in [6, 6.07) is 8.71. The molecule has 15 heavy (non-hydrogen) atoms. The van der Waals surface area contributed by atoms with Crippen LogP contribution >= 0.6 is 15.9 Å². The monoisotopic (exact) mass is 265 g/mol. The number of benzene rings is 1. The molecule has 1 aromatic heterocycles. The first-order chi connectivity index (χ1) is 7.33. The summed E-state index contributed by atoms with van der Waals surface area (Å²) in [7, 11) is 0. The van der Waals surface area contributed by atoms with Crippen molar-refractivity contribution in [3.63, 3.8) is 0 Å². The minimum absolute atomic E-state index is 0.413. The first kappa shape index (κ1) is 9.43. The Morgan fingerprint density at radius 2 is 2.27 bits per heavy atom. The molecule has 1 saturated heterocycles. The van der Waals surface area contributed by atoms with Gasteiger partial charge in [0.05, 0.1) is 6.04 Å². The summed E-state index contributed by atoms with van der Waals surface area (Å²) in [6.07, 6.45) is 2.42. The van der Waals surface area contributed by atoms with E-state index in [-0.39, 0.29) is 0 Å². The van der Waals surface area contributed by atoms with Gasteiger partial charge in [-0.25, -0.2) is 0 Å². The highest BCUT2D eigenvalue weighted by Gasteiger charge is 2.19. The van der Waals surface area contributed by atoms with Gasteiger partial charge in [0.15, 0.2) is 0 Å². The van der Waals surface area contributed by atoms with Crippen molar-refractivity contribution < 1.29 is 4.42 Å². The van der Waals surface area contributed by atoms with Gasteiger partial charge in [-0.3, -0.25) is 0 Å². The van der Waals surface area contributed by atoms with Crippen LogP contribution in [0.5, 0.6) is 0 Å². The highest BCUT2D eigenvalue weighted by atomic mass is 79.9. The fourth-order valence-electron chi connectivity index (χ4n) is 2.12. The van der Waals surface area contributed by atoms with Crippen molar-refractivity contribution in [2.45, 2.75) is 18.9 Å². The molecule has 3 rings (SSSR count). The van der Waals surface area contributed by atoms with E-state index in [0.29, 0.717) is 6.04 Å². The lowest BCUT2D eigenvalue weighted by Gasteiger charge is -2.04. The van der Waals surface area contributed by atoms with Crippen LogP contribution in [0.15, 0.2) is 33.2 Å². The van der Waals surface area contributed by atoms with Crippen molar-refractivity contribution in [2.75, 3.05) is 6.54 Å². The SMILES string of the molecule is Brc1ccc2cc([C@@H]3CCCN3)oc2c1. The van der Waals surface area contributed by atoms with Crippen LogP contribution in [0.1, 0.15) is 24.6 Å². The predicted molar refractivity (Wildman–Crippen MR) is 63.9 cm³/mol. The topological polar surface area (TPSA) is 25.2 Å². The number of hydrogen-bond donors (Lipinski definition) is 1. The van der Waals surface area contributed by atoms with Crippen LogP contribution in [0.4, 0.5) is 0 Å². The third-order valence-corrected chi connectivity index (χ3v) is 3.40. The molecule has 2 heterocycles. The molecule has 0 amide bonds. The number of fused-ring (bicyclic) bond motifs is 1. The predicted octanol–water partition coefficient (Wildman–Crippen LogP) is 3.62. The molecule has 0 spiro atoms. The summed E-state index contributed by atoms with van der Waals surface area (Å²) in [5, 5.41) is 4.63. The smallest absolute Gasteiger partial charge is 0.135 e. The summed E-state index contributed by atoms with van der Waals surface area (Å²) in [4.78, 5) is 0. The molecular weight excluding hydrogens is 254 g/mol. The van der Waals surface area contributed by atoms with E-state index in [0.717, 1.165) is 22.4 Å². The maximum Gasteiger partial charge on any atom is 0.135 e. The minimum atomic E-state index is 0.413. The van der Waals surface area contributed by atoms with Crippen molar-refractivity contribution in [1.29, 1.82) is 0 Å². The molecule has 0 unspecified atom stereocenters. The molecule has 0 bridgehead atoms. The molecule has 2 nitrogen and oxygen atoms in total. The molecule has 1 aliphatic heterocycles. The third-order valence-electron chi connectivity index (χ3n) is 2.90. The van der Waals surface area contributed by atoms with E-state index in [9.17, 15) is 0 Å². The maximum absolute atomic E-state index is 5.84. The van der Waals surface area contributed by atoms with Crippen LogP contribution in [-0.4, -0.2) is 6.54 Å². The highest BCUT2D eigenvalue weighted by Crippen LogP contribution is 2.30. The Bertz CT molecular complexity index is 485. The molecule has 1 aromatic carbocycles. The summed E-state index contributed by atoms with van der Waals surface area (Å²) in [5.41, 5.74) is 0.966. The van der Waals surface area contributed by atoms with E-state index in [1.165, 1.54) is 18.2 Å². The zero-order valence-corrected chi connectivity index (χ0v) is 9.88. The zero-order valence-electron chi connectivity index (χ0n) is 8.29. The van der Waals surface area contributed by atoms with Crippen LogP contribution in [0.3, 0.4) is 0 Å². The Kier molecular flexibility index (Phi) is 2.29. The van der Waals surface area contributed by atoms with Crippen molar-refractivity contribution in [3.8, 4) is 0 Å². The quantitative estimate of drug-likeness (QED) is 0.852. The number of hydrogen-bond acceptors (Lipinski definition) is 2. The standard InChI is InChI=1S/C12H12BrNO/c13-9-4-3-8-6-12(15-11(8)7-9)10-2-1-5-14-10/h3-4,6-7,10,14H,1-2,5H2/t10-/m0/s1. The van der Waals surface area contributed by atoms with Gasteiger partial charge in [-0.05, 0) is 43.7 Å². The van der Waals surface area contributed by atoms with E-state index >= 15 is 0 Å². The molecule has 0 saturated carbocycles. The van der Waals surface area contributed by atoms with Crippen molar-refractivity contribution in [2.24, 2.45) is 0 Å². The van der Waals surface area contributed by atoms with Crippen LogP contribution in [-0.2, 0) is 0 Å². The van der Waals surface area contributed by atoms with Gasteiger partial charge in [0, 0.05) is 9.86 Å². The molecule has 0 radical (unpaired) electrons. The average molecular weight is 266 g/mol. The van der Waals surface area contributed by atoms with Gasteiger partial charge in [-0.2, -0.15) is 0 Å².